The Kier molecular flexibility index (Phi) is 5.43. The lowest BCUT2D eigenvalue weighted by Crippen LogP contribution is -2.67. The number of nitrogens with zero attached hydrogens (tertiary/aromatic N) is 4. The third-order valence-electron chi connectivity index (χ3n) is 8.14. The van der Waals surface area contributed by atoms with Crippen molar-refractivity contribution in [3.05, 3.63) is 92.9 Å². The Morgan fingerprint density at radius 2 is 1.82 bits per heavy atom. The second-order valence-electron chi connectivity index (χ2n) is 10.3. The highest BCUT2D eigenvalue weighted by Gasteiger charge is 2.48. The first-order valence-corrected chi connectivity index (χ1v) is 12.9. The van der Waals surface area contributed by atoms with Gasteiger partial charge in [0.1, 0.15) is 12.2 Å². The second-order valence-corrected chi connectivity index (χ2v) is 10.3. The van der Waals surface area contributed by atoms with E-state index in [4.69, 9.17) is 9.47 Å². The van der Waals surface area contributed by atoms with Crippen molar-refractivity contribution in [1.82, 2.24) is 9.58 Å². The summed E-state index contributed by atoms with van der Waals surface area (Å²) in [7, 11) is 0. The van der Waals surface area contributed by atoms with Gasteiger partial charge in [-0.1, -0.05) is 24.3 Å². The maximum absolute atomic E-state index is 15.8. The number of halogens is 2. The molecule has 0 saturated carbocycles. The third kappa shape index (κ3) is 3.42. The van der Waals surface area contributed by atoms with Crippen LogP contribution < -0.4 is 15.3 Å². The quantitative estimate of drug-likeness (QED) is 0.512. The van der Waals surface area contributed by atoms with Crippen molar-refractivity contribution in [2.24, 2.45) is 0 Å². The van der Waals surface area contributed by atoms with E-state index in [1.165, 1.54) is 16.9 Å². The molecule has 4 aliphatic rings. The minimum absolute atomic E-state index is 0.132. The normalized spacial score (nSPS) is 25.7. The molecule has 2 saturated heterocycles. The van der Waals surface area contributed by atoms with Gasteiger partial charge >= 0.3 is 0 Å². The highest BCUT2D eigenvalue weighted by atomic mass is 19.2. The average Bonchev–Trinajstić information content (AvgIpc) is 3.06. The number of carbonyl (C=O) groups is 1. The number of pyridine rings is 1. The Hall–Kier alpha value is -3.96. The lowest BCUT2D eigenvalue weighted by atomic mass is 9.91. The van der Waals surface area contributed by atoms with Gasteiger partial charge in [0.05, 0.1) is 32.0 Å². The summed E-state index contributed by atoms with van der Waals surface area (Å²) in [5.41, 5.74) is 1.43. The van der Waals surface area contributed by atoms with Crippen molar-refractivity contribution in [3.63, 3.8) is 0 Å². The van der Waals surface area contributed by atoms with Crippen LogP contribution in [0.15, 0.2) is 53.5 Å². The van der Waals surface area contributed by atoms with Crippen LogP contribution in [0.5, 0.6) is 5.75 Å². The van der Waals surface area contributed by atoms with E-state index < -0.39 is 47.0 Å². The summed E-state index contributed by atoms with van der Waals surface area (Å²) in [4.78, 5) is 29.7. The van der Waals surface area contributed by atoms with E-state index in [1.807, 2.05) is 41.1 Å². The molecule has 4 aliphatic heterocycles. The topological polar surface area (TPSA) is 87.5 Å². The molecule has 4 atom stereocenters. The molecule has 7 rings (SSSR count). The van der Waals surface area contributed by atoms with Crippen LogP contribution in [-0.2, 0) is 9.47 Å². The zero-order valence-corrected chi connectivity index (χ0v) is 21.1. The van der Waals surface area contributed by atoms with Gasteiger partial charge in [0.25, 0.3) is 5.91 Å². The molecule has 11 heteroatoms. The van der Waals surface area contributed by atoms with E-state index in [-0.39, 0.29) is 37.1 Å². The second kappa shape index (κ2) is 8.78. The maximum Gasteiger partial charge on any atom is 0.278 e. The van der Waals surface area contributed by atoms with Crippen molar-refractivity contribution in [1.29, 1.82) is 0 Å². The van der Waals surface area contributed by atoms with Gasteiger partial charge in [0, 0.05) is 42.2 Å². The predicted molar refractivity (Wildman–Crippen MR) is 136 cm³/mol. The van der Waals surface area contributed by atoms with Gasteiger partial charge in [-0.15, -0.1) is 0 Å². The van der Waals surface area contributed by atoms with Crippen molar-refractivity contribution in [3.8, 4) is 5.75 Å². The minimum atomic E-state index is -0.962. The number of ether oxygens (including phenoxy) is 2. The molecule has 1 aromatic heterocycles. The van der Waals surface area contributed by atoms with Crippen LogP contribution in [0, 0.1) is 11.6 Å². The Balaban J connectivity index is 1.55. The van der Waals surface area contributed by atoms with Crippen LogP contribution in [0.25, 0.3) is 0 Å². The molecule has 1 N–H and O–H groups in total. The van der Waals surface area contributed by atoms with Crippen LogP contribution >= 0.6 is 0 Å². The van der Waals surface area contributed by atoms with Gasteiger partial charge in [-0.3, -0.25) is 19.3 Å². The number of amides is 1. The Bertz CT molecular complexity index is 1560. The van der Waals surface area contributed by atoms with E-state index in [1.54, 1.807) is 11.0 Å². The Morgan fingerprint density at radius 3 is 2.67 bits per heavy atom. The van der Waals surface area contributed by atoms with E-state index in [0.29, 0.717) is 18.7 Å². The maximum atomic E-state index is 15.8. The monoisotopic (exact) mass is 536 g/mol. The van der Waals surface area contributed by atoms with Gasteiger partial charge in [-0.25, -0.2) is 8.78 Å². The van der Waals surface area contributed by atoms with E-state index in [9.17, 15) is 19.1 Å². The van der Waals surface area contributed by atoms with Gasteiger partial charge in [-0.2, -0.15) is 0 Å². The number of para-hydroxylation sites is 1. The molecule has 3 aromatic rings. The van der Waals surface area contributed by atoms with Gasteiger partial charge in [0.15, 0.2) is 23.1 Å². The molecule has 0 bridgehead atoms. The average molecular weight is 537 g/mol. The summed E-state index contributed by atoms with van der Waals surface area (Å²) in [6, 6.07) is 10.2. The summed E-state index contributed by atoms with van der Waals surface area (Å²) in [5, 5.41) is 12.6. The van der Waals surface area contributed by atoms with E-state index in [0.717, 1.165) is 17.3 Å². The fourth-order valence-electron chi connectivity index (χ4n) is 6.44. The predicted octanol–water partition coefficient (Wildman–Crippen LogP) is 2.65. The summed E-state index contributed by atoms with van der Waals surface area (Å²) in [6.45, 7) is 3.28. The Labute approximate surface area is 222 Å². The smallest absolute Gasteiger partial charge is 0.278 e. The lowest BCUT2D eigenvalue weighted by molar-refractivity contribution is -0.0575. The van der Waals surface area contributed by atoms with Crippen LogP contribution in [-0.4, -0.2) is 65.8 Å². The third-order valence-corrected chi connectivity index (χ3v) is 8.14. The zero-order valence-electron chi connectivity index (χ0n) is 21.1. The number of hydrogen-bond donors (Lipinski definition) is 1. The van der Waals surface area contributed by atoms with Crippen LogP contribution in [0.1, 0.15) is 46.2 Å². The van der Waals surface area contributed by atoms with Crippen molar-refractivity contribution in [2.75, 3.05) is 42.8 Å². The molecule has 1 amide bonds. The molecule has 202 valence electrons. The minimum Gasteiger partial charge on any atom is -0.502 e. The summed E-state index contributed by atoms with van der Waals surface area (Å²) < 4.78 is 43.8. The molecule has 0 radical (unpaired) electrons. The molecule has 9 nitrogen and oxygen atoms in total. The molecule has 2 aromatic carbocycles. The number of anilines is 1. The SMILES string of the molecule is CC1CN2C(=O)c3c(O)c(=O)ccn3N([C@@H]3c4ccccc4N4CCOCC4c4c3ccc(F)c4F)[C@@H]2CO1. The Morgan fingerprint density at radius 1 is 1.00 bits per heavy atom. The van der Waals surface area contributed by atoms with Crippen molar-refractivity contribution in [2.45, 2.75) is 31.3 Å². The van der Waals surface area contributed by atoms with Gasteiger partial charge in [-0.05, 0) is 24.6 Å². The number of rotatable bonds is 1. The number of aromatic hydroxyl groups is 1. The van der Waals surface area contributed by atoms with Crippen LogP contribution in [0.2, 0.25) is 0 Å². The summed E-state index contributed by atoms with van der Waals surface area (Å²) >= 11 is 0. The lowest BCUT2D eigenvalue weighted by Gasteiger charge is -2.52. The summed E-state index contributed by atoms with van der Waals surface area (Å²) in [6.07, 6.45) is 0.504. The number of carbonyl (C=O) groups excluding carboxylic acids is 1. The highest BCUT2D eigenvalue weighted by molar-refractivity contribution is 5.96. The largest absolute Gasteiger partial charge is 0.502 e. The molecule has 2 unspecified atom stereocenters. The molecular weight excluding hydrogens is 510 g/mol. The van der Waals surface area contributed by atoms with Crippen LogP contribution in [0.3, 0.4) is 0 Å². The first-order chi connectivity index (χ1) is 18.9. The molecule has 5 heterocycles. The fraction of sp³-hybridized carbons (Fsp3) is 0.357. The fourth-order valence-corrected chi connectivity index (χ4v) is 6.44. The van der Waals surface area contributed by atoms with Gasteiger partial charge in [0.2, 0.25) is 5.43 Å². The standard InChI is InChI=1S/C28H26F2N4O5/c1-15-12-32-22(14-39-15)34(33-9-8-21(35)27(36)26(33)28(32)37)25-16-4-2-3-5-19(16)31-10-11-38-13-20(31)23-17(25)6-7-18(29)24(23)30/h2-9,15,20,22,25,36H,10-14H2,1H3/t15?,20?,22-,25-/m1/s1. The molecule has 2 fully saturated rings. The first kappa shape index (κ1) is 24.1. The van der Waals surface area contributed by atoms with E-state index in [2.05, 4.69) is 0 Å². The van der Waals surface area contributed by atoms with Crippen LogP contribution in [0.4, 0.5) is 14.5 Å². The molecule has 0 aliphatic carbocycles. The molecular formula is C28H26F2N4O5. The summed E-state index contributed by atoms with van der Waals surface area (Å²) in [5.74, 6) is -3.08. The number of fused-ring (bicyclic) bond motifs is 7. The molecule has 39 heavy (non-hydrogen) atoms. The number of morpholine rings is 2. The number of aromatic nitrogens is 1. The zero-order chi connectivity index (χ0) is 27.0. The number of benzene rings is 2. The molecule has 0 spiro atoms. The number of hydrogen-bond acceptors (Lipinski definition) is 7. The highest BCUT2D eigenvalue weighted by Crippen LogP contribution is 2.48. The van der Waals surface area contributed by atoms with E-state index >= 15 is 4.39 Å². The first-order valence-electron chi connectivity index (χ1n) is 12.9. The van der Waals surface area contributed by atoms with Crippen molar-refractivity contribution < 1.29 is 28.2 Å². The van der Waals surface area contributed by atoms with Gasteiger partial charge < -0.3 is 24.4 Å². The van der Waals surface area contributed by atoms with Crippen molar-refractivity contribution >= 4 is 11.6 Å².